The van der Waals surface area contributed by atoms with Gasteiger partial charge in [-0.2, -0.15) is 26.3 Å². The number of nitrogens with zero attached hydrogens (tertiary/aromatic N) is 3. The molecule has 0 aliphatic carbocycles. The summed E-state index contributed by atoms with van der Waals surface area (Å²) in [5.74, 6) is 0.0565. The third-order valence-corrected chi connectivity index (χ3v) is 8.59. The quantitative estimate of drug-likeness (QED) is 0.320. The standard InChI is InChI=1S/C28H34F6N4O2S/c1-41(40)25-9-6-22(19-24(25)28(32,33)34)35-21-10-13-38(14-11-21)26(39)3-2-12-36-15-17-37(18-16-36)23-7-4-20(5-8-23)27(29,30)31/h4-9,19,21,35H,2-3,10-18H2,1H3. The SMILES string of the molecule is C[S+]([O-])c1ccc(NC2CCN(C(=O)CCCN3CCN(c4ccc(C(F)(F)F)cc4)CC3)CC2)cc1C(F)(F)F. The molecule has 2 aromatic rings. The van der Waals surface area contributed by atoms with Gasteiger partial charge in [0.05, 0.1) is 5.56 Å². The highest BCUT2D eigenvalue weighted by Crippen LogP contribution is 2.36. The van der Waals surface area contributed by atoms with Crippen molar-refractivity contribution in [2.75, 3.05) is 62.3 Å². The average Bonchev–Trinajstić information content (AvgIpc) is 2.93. The first-order valence-corrected chi connectivity index (χ1v) is 15.1. The van der Waals surface area contributed by atoms with Crippen LogP contribution in [0.15, 0.2) is 47.4 Å². The van der Waals surface area contributed by atoms with E-state index in [0.29, 0.717) is 57.5 Å². The average molecular weight is 605 g/mol. The molecule has 0 aromatic heterocycles. The van der Waals surface area contributed by atoms with E-state index in [1.165, 1.54) is 30.5 Å². The third kappa shape index (κ3) is 8.45. The summed E-state index contributed by atoms with van der Waals surface area (Å²) in [6.45, 7) is 4.71. The fourth-order valence-electron chi connectivity index (χ4n) is 5.30. The number of hydrogen-bond acceptors (Lipinski definition) is 5. The molecule has 1 amide bonds. The van der Waals surface area contributed by atoms with Crippen LogP contribution < -0.4 is 10.2 Å². The van der Waals surface area contributed by atoms with Crippen LogP contribution in [0, 0.1) is 0 Å². The molecule has 1 atom stereocenters. The predicted molar refractivity (Wildman–Crippen MR) is 146 cm³/mol. The second kappa shape index (κ2) is 13.1. The van der Waals surface area contributed by atoms with Gasteiger partial charge in [-0.1, -0.05) is 0 Å². The number of hydrogen-bond donors (Lipinski definition) is 1. The Labute approximate surface area is 238 Å². The Balaban J connectivity index is 1.16. The van der Waals surface area contributed by atoms with Gasteiger partial charge in [-0.05, 0) is 79.4 Å². The van der Waals surface area contributed by atoms with E-state index in [-0.39, 0.29) is 16.8 Å². The molecule has 2 aromatic carbocycles. The summed E-state index contributed by atoms with van der Waals surface area (Å²) in [7, 11) is 0. The molecule has 2 heterocycles. The van der Waals surface area contributed by atoms with Gasteiger partial charge < -0.3 is 19.7 Å². The molecule has 6 nitrogen and oxygen atoms in total. The summed E-state index contributed by atoms with van der Waals surface area (Å²) in [5, 5.41) is 3.13. The molecular formula is C28H34F6N4O2S. The second-order valence-electron chi connectivity index (χ2n) is 10.4. The van der Waals surface area contributed by atoms with Crippen molar-refractivity contribution in [1.29, 1.82) is 0 Å². The number of nitrogens with one attached hydrogen (secondary N) is 1. The Morgan fingerprint density at radius 3 is 2.12 bits per heavy atom. The maximum atomic E-state index is 13.4. The van der Waals surface area contributed by atoms with E-state index in [1.54, 1.807) is 4.90 Å². The number of piperidine rings is 1. The number of benzene rings is 2. The minimum absolute atomic E-state index is 0.0565. The van der Waals surface area contributed by atoms with Crippen molar-refractivity contribution in [1.82, 2.24) is 9.80 Å². The van der Waals surface area contributed by atoms with Crippen molar-refractivity contribution < 1.29 is 35.7 Å². The molecule has 13 heteroatoms. The van der Waals surface area contributed by atoms with Crippen LogP contribution in [-0.4, -0.2) is 78.4 Å². The molecule has 2 aliphatic heterocycles. The van der Waals surface area contributed by atoms with Crippen LogP contribution in [0.25, 0.3) is 0 Å². The van der Waals surface area contributed by atoms with Crippen LogP contribution in [-0.2, 0) is 28.3 Å². The molecule has 0 bridgehead atoms. The number of carbonyl (C=O) groups is 1. The number of piperazine rings is 1. The van der Waals surface area contributed by atoms with Crippen molar-refractivity contribution >= 4 is 28.5 Å². The van der Waals surface area contributed by atoms with Gasteiger partial charge in [0.25, 0.3) is 0 Å². The van der Waals surface area contributed by atoms with E-state index in [4.69, 9.17) is 0 Å². The van der Waals surface area contributed by atoms with Crippen molar-refractivity contribution in [3.63, 3.8) is 0 Å². The Hall–Kier alpha value is -2.64. The lowest BCUT2D eigenvalue weighted by atomic mass is 10.0. The Kier molecular flexibility index (Phi) is 10.0. The minimum atomic E-state index is -4.60. The molecule has 2 fully saturated rings. The maximum absolute atomic E-state index is 13.4. The molecule has 2 aliphatic rings. The third-order valence-electron chi connectivity index (χ3n) is 7.61. The first-order chi connectivity index (χ1) is 19.3. The van der Waals surface area contributed by atoms with E-state index in [9.17, 15) is 35.7 Å². The van der Waals surface area contributed by atoms with Crippen LogP contribution in [0.3, 0.4) is 0 Å². The Bertz CT molecular complexity index is 1160. The van der Waals surface area contributed by atoms with Gasteiger partial charge in [-0.25, -0.2) is 0 Å². The topological polar surface area (TPSA) is 61.9 Å². The first-order valence-electron chi connectivity index (χ1n) is 13.5. The maximum Gasteiger partial charge on any atom is 0.421 e. The van der Waals surface area contributed by atoms with Gasteiger partial charge in [0.1, 0.15) is 11.8 Å². The molecule has 1 unspecified atom stereocenters. The summed E-state index contributed by atoms with van der Waals surface area (Å²) < 4.78 is 90.3. The van der Waals surface area contributed by atoms with Gasteiger partial charge >= 0.3 is 12.4 Å². The minimum Gasteiger partial charge on any atom is -0.612 e. The highest BCUT2D eigenvalue weighted by atomic mass is 32.2. The molecule has 0 spiro atoms. The number of carbonyl (C=O) groups excluding carboxylic acids is 1. The molecule has 0 radical (unpaired) electrons. The number of halogens is 6. The number of alkyl halides is 6. The zero-order valence-corrected chi connectivity index (χ0v) is 23.5. The van der Waals surface area contributed by atoms with E-state index >= 15 is 0 Å². The van der Waals surface area contributed by atoms with Gasteiger partial charge in [-0.15, -0.1) is 0 Å². The summed E-state index contributed by atoms with van der Waals surface area (Å²) in [5.41, 5.74) is -0.487. The highest BCUT2D eigenvalue weighted by molar-refractivity contribution is 7.90. The largest absolute Gasteiger partial charge is 0.612 e. The number of likely N-dealkylation sites (tertiary alicyclic amines) is 1. The number of anilines is 2. The number of amides is 1. The fraction of sp³-hybridized carbons (Fsp3) is 0.536. The lowest BCUT2D eigenvalue weighted by molar-refractivity contribution is -0.140. The van der Waals surface area contributed by atoms with Crippen LogP contribution in [0.5, 0.6) is 0 Å². The van der Waals surface area contributed by atoms with Crippen LogP contribution in [0.1, 0.15) is 36.8 Å². The zero-order valence-electron chi connectivity index (χ0n) is 22.7. The fourth-order valence-corrected chi connectivity index (χ4v) is 6.05. The van der Waals surface area contributed by atoms with Crippen LogP contribution >= 0.6 is 0 Å². The van der Waals surface area contributed by atoms with Crippen LogP contribution in [0.4, 0.5) is 37.7 Å². The lowest BCUT2D eigenvalue weighted by Gasteiger charge is -2.36. The summed E-state index contributed by atoms with van der Waals surface area (Å²) in [4.78, 5) is 18.6. The summed E-state index contributed by atoms with van der Waals surface area (Å²) >= 11 is -1.76. The van der Waals surface area contributed by atoms with Gasteiger partial charge in [0.15, 0.2) is 4.90 Å². The molecule has 1 N–H and O–H groups in total. The molecule has 2 saturated heterocycles. The van der Waals surface area contributed by atoms with E-state index in [0.717, 1.165) is 43.5 Å². The molecular weight excluding hydrogens is 570 g/mol. The lowest BCUT2D eigenvalue weighted by Crippen LogP contribution is -2.47. The van der Waals surface area contributed by atoms with Crippen LogP contribution in [0.2, 0.25) is 0 Å². The van der Waals surface area contributed by atoms with E-state index < -0.39 is 34.7 Å². The molecule has 41 heavy (non-hydrogen) atoms. The van der Waals surface area contributed by atoms with Crippen molar-refractivity contribution in [3.05, 3.63) is 53.6 Å². The van der Waals surface area contributed by atoms with Gasteiger partial charge in [0, 0.05) is 63.1 Å². The summed E-state index contributed by atoms with van der Waals surface area (Å²) in [6, 6.07) is 8.88. The Morgan fingerprint density at radius 2 is 1.56 bits per heavy atom. The molecule has 4 rings (SSSR count). The first kappa shape index (κ1) is 31.3. The van der Waals surface area contributed by atoms with E-state index in [1.807, 2.05) is 0 Å². The zero-order chi connectivity index (χ0) is 29.8. The molecule has 226 valence electrons. The van der Waals surface area contributed by atoms with Gasteiger partial charge in [-0.3, -0.25) is 9.69 Å². The smallest absolute Gasteiger partial charge is 0.421 e. The van der Waals surface area contributed by atoms with Crippen molar-refractivity contribution in [2.24, 2.45) is 0 Å². The van der Waals surface area contributed by atoms with E-state index in [2.05, 4.69) is 15.1 Å². The Morgan fingerprint density at radius 1 is 0.927 bits per heavy atom. The summed E-state index contributed by atoms with van der Waals surface area (Å²) in [6.07, 6.45) is -5.41. The normalized spacial score (nSPS) is 18.4. The van der Waals surface area contributed by atoms with Crippen molar-refractivity contribution in [3.8, 4) is 0 Å². The number of rotatable bonds is 8. The monoisotopic (exact) mass is 604 g/mol. The van der Waals surface area contributed by atoms with Crippen molar-refractivity contribution in [2.45, 2.75) is 49.0 Å². The highest BCUT2D eigenvalue weighted by Gasteiger charge is 2.37. The molecule has 0 saturated carbocycles. The second-order valence-corrected chi connectivity index (χ2v) is 11.8. The predicted octanol–water partition coefficient (Wildman–Crippen LogP) is 5.47. The van der Waals surface area contributed by atoms with Gasteiger partial charge in [0.2, 0.25) is 5.91 Å².